The molecule has 2 aromatic rings. The Morgan fingerprint density at radius 2 is 1.61 bits per heavy atom. The normalized spacial score (nSPS) is 10.4. The molecule has 18 heavy (non-hydrogen) atoms. The van der Waals surface area contributed by atoms with Crippen molar-refractivity contribution in [2.45, 2.75) is 20.8 Å². The highest BCUT2D eigenvalue weighted by atomic mass is 79.9. The lowest BCUT2D eigenvalue weighted by Crippen LogP contribution is -2.00. The number of hydrogen-bond donors (Lipinski definition) is 2. The first-order chi connectivity index (χ1) is 8.47. The quantitative estimate of drug-likeness (QED) is 0.789. The molecule has 0 aliphatic rings. The second-order valence-corrected chi connectivity index (χ2v) is 5.55. The number of benzene rings is 2. The van der Waals surface area contributed by atoms with Gasteiger partial charge in [0, 0.05) is 10.2 Å². The van der Waals surface area contributed by atoms with Crippen molar-refractivity contribution in [2.75, 3.05) is 11.1 Å². The van der Waals surface area contributed by atoms with Crippen LogP contribution in [-0.4, -0.2) is 0 Å². The Morgan fingerprint density at radius 1 is 1.00 bits per heavy atom. The van der Waals surface area contributed by atoms with E-state index in [-0.39, 0.29) is 0 Å². The fraction of sp³-hybridized carbons (Fsp3) is 0.200. The maximum atomic E-state index is 6.03. The van der Waals surface area contributed by atoms with Gasteiger partial charge in [-0.15, -0.1) is 0 Å². The van der Waals surface area contributed by atoms with Crippen molar-refractivity contribution in [3.8, 4) is 0 Å². The van der Waals surface area contributed by atoms with Gasteiger partial charge in [-0.2, -0.15) is 0 Å². The van der Waals surface area contributed by atoms with Crippen molar-refractivity contribution in [3.63, 3.8) is 0 Å². The number of hydrogen-bond acceptors (Lipinski definition) is 2. The Bertz CT molecular complexity index is 568. The predicted octanol–water partition coefficient (Wildman–Crippen LogP) is 4.70. The summed E-state index contributed by atoms with van der Waals surface area (Å²) < 4.78 is 1.10. The van der Waals surface area contributed by atoms with E-state index >= 15 is 0 Å². The topological polar surface area (TPSA) is 38.0 Å². The second-order valence-electron chi connectivity index (χ2n) is 4.63. The molecule has 0 radical (unpaired) electrons. The molecule has 0 unspecified atom stereocenters. The van der Waals surface area contributed by atoms with Crippen molar-refractivity contribution in [3.05, 3.63) is 51.5 Å². The average molecular weight is 305 g/mol. The molecule has 0 aliphatic heterocycles. The number of nitrogens with one attached hydrogen (secondary N) is 1. The van der Waals surface area contributed by atoms with E-state index in [2.05, 4.69) is 53.3 Å². The summed E-state index contributed by atoms with van der Waals surface area (Å²) in [6, 6.07) is 10.2. The molecule has 0 amide bonds. The second kappa shape index (κ2) is 5.02. The van der Waals surface area contributed by atoms with Gasteiger partial charge in [0.05, 0.1) is 11.4 Å². The molecule has 0 fully saturated rings. The number of nitrogens with two attached hydrogens (primary N) is 1. The van der Waals surface area contributed by atoms with Gasteiger partial charge in [0.25, 0.3) is 0 Å². The summed E-state index contributed by atoms with van der Waals surface area (Å²) in [7, 11) is 0. The first kappa shape index (κ1) is 13.0. The molecule has 3 N–H and O–H groups in total. The van der Waals surface area contributed by atoms with E-state index in [4.69, 9.17) is 5.73 Å². The van der Waals surface area contributed by atoms with E-state index in [0.717, 1.165) is 21.5 Å². The van der Waals surface area contributed by atoms with Crippen LogP contribution < -0.4 is 11.1 Å². The summed E-state index contributed by atoms with van der Waals surface area (Å²) in [5.41, 5.74) is 12.4. The standard InChI is InChI=1S/C15H17BrN2/c1-9-4-5-14(13(17)6-9)18-15-10(2)7-12(16)8-11(15)3/h4-8,18H,17H2,1-3H3. The van der Waals surface area contributed by atoms with Crippen LogP contribution in [0.5, 0.6) is 0 Å². The van der Waals surface area contributed by atoms with Crippen LogP contribution in [-0.2, 0) is 0 Å². The van der Waals surface area contributed by atoms with E-state index in [9.17, 15) is 0 Å². The van der Waals surface area contributed by atoms with E-state index in [1.54, 1.807) is 0 Å². The molecular formula is C15H17BrN2. The monoisotopic (exact) mass is 304 g/mol. The number of nitrogen functional groups attached to an aromatic ring is 1. The van der Waals surface area contributed by atoms with E-state index < -0.39 is 0 Å². The minimum absolute atomic E-state index is 0.775. The van der Waals surface area contributed by atoms with Crippen LogP contribution in [0.2, 0.25) is 0 Å². The highest BCUT2D eigenvalue weighted by Gasteiger charge is 2.06. The first-order valence-corrected chi connectivity index (χ1v) is 6.66. The minimum atomic E-state index is 0.775. The molecule has 3 heteroatoms. The van der Waals surface area contributed by atoms with Crippen molar-refractivity contribution < 1.29 is 0 Å². The van der Waals surface area contributed by atoms with Crippen molar-refractivity contribution >= 4 is 33.0 Å². The summed E-state index contributed by atoms with van der Waals surface area (Å²) in [4.78, 5) is 0. The van der Waals surface area contributed by atoms with Crippen LogP contribution in [0.4, 0.5) is 17.1 Å². The van der Waals surface area contributed by atoms with Crippen LogP contribution in [0, 0.1) is 20.8 Å². The molecule has 0 aromatic heterocycles. The summed E-state index contributed by atoms with van der Waals surface area (Å²) >= 11 is 3.50. The number of halogens is 1. The SMILES string of the molecule is Cc1ccc(Nc2c(C)cc(Br)cc2C)c(N)c1. The smallest absolute Gasteiger partial charge is 0.0618 e. The molecule has 0 spiro atoms. The Morgan fingerprint density at radius 3 is 2.17 bits per heavy atom. The fourth-order valence-corrected chi connectivity index (χ4v) is 2.73. The van der Waals surface area contributed by atoms with Crippen LogP contribution in [0.15, 0.2) is 34.8 Å². The van der Waals surface area contributed by atoms with Crippen LogP contribution >= 0.6 is 15.9 Å². The van der Waals surface area contributed by atoms with Crippen LogP contribution in [0.3, 0.4) is 0 Å². The molecule has 2 nitrogen and oxygen atoms in total. The fourth-order valence-electron chi connectivity index (χ4n) is 2.04. The molecule has 0 heterocycles. The average Bonchev–Trinajstić information content (AvgIpc) is 2.25. The Balaban J connectivity index is 2.40. The summed E-state index contributed by atoms with van der Waals surface area (Å²) in [5.74, 6) is 0. The summed E-state index contributed by atoms with van der Waals surface area (Å²) in [5, 5.41) is 3.42. The molecule has 0 bridgehead atoms. The molecule has 2 aromatic carbocycles. The lowest BCUT2D eigenvalue weighted by molar-refractivity contribution is 1.34. The van der Waals surface area contributed by atoms with E-state index in [1.165, 1.54) is 16.7 Å². The highest BCUT2D eigenvalue weighted by Crippen LogP contribution is 2.30. The molecule has 0 atom stereocenters. The van der Waals surface area contributed by atoms with Gasteiger partial charge < -0.3 is 11.1 Å². The molecule has 94 valence electrons. The lowest BCUT2D eigenvalue weighted by Gasteiger charge is -2.15. The summed E-state index contributed by atoms with van der Waals surface area (Å²) in [6.45, 7) is 6.21. The highest BCUT2D eigenvalue weighted by molar-refractivity contribution is 9.10. The van der Waals surface area contributed by atoms with Crippen molar-refractivity contribution in [1.82, 2.24) is 0 Å². The van der Waals surface area contributed by atoms with Gasteiger partial charge in [-0.3, -0.25) is 0 Å². The van der Waals surface area contributed by atoms with Gasteiger partial charge >= 0.3 is 0 Å². The van der Waals surface area contributed by atoms with Crippen LogP contribution in [0.25, 0.3) is 0 Å². The number of anilines is 3. The zero-order valence-corrected chi connectivity index (χ0v) is 12.4. The number of aryl methyl sites for hydroxylation is 3. The third-order valence-corrected chi connectivity index (χ3v) is 3.42. The molecule has 0 aliphatic carbocycles. The third-order valence-electron chi connectivity index (χ3n) is 2.96. The molecular weight excluding hydrogens is 288 g/mol. The Kier molecular flexibility index (Phi) is 3.62. The Hall–Kier alpha value is -1.48. The van der Waals surface area contributed by atoms with Crippen molar-refractivity contribution in [2.24, 2.45) is 0 Å². The molecule has 2 rings (SSSR count). The third kappa shape index (κ3) is 2.67. The van der Waals surface area contributed by atoms with Gasteiger partial charge in [0.15, 0.2) is 0 Å². The van der Waals surface area contributed by atoms with Gasteiger partial charge in [0.1, 0.15) is 0 Å². The maximum Gasteiger partial charge on any atom is 0.0618 e. The zero-order valence-electron chi connectivity index (χ0n) is 10.8. The first-order valence-electron chi connectivity index (χ1n) is 5.87. The molecule has 0 saturated heterocycles. The molecule has 0 saturated carbocycles. The van der Waals surface area contributed by atoms with Gasteiger partial charge in [0.2, 0.25) is 0 Å². The lowest BCUT2D eigenvalue weighted by atomic mass is 10.1. The number of rotatable bonds is 2. The summed E-state index contributed by atoms with van der Waals surface area (Å²) in [6.07, 6.45) is 0. The van der Waals surface area contributed by atoms with E-state index in [0.29, 0.717) is 0 Å². The van der Waals surface area contributed by atoms with E-state index in [1.807, 2.05) is 19.1 Å². The van der Waals surface area contributed by atoms with Gasteiger partial charge in [-0.25, -0.2) is 0 Å². The maximum absolute atomic E-state index is 6.03. The van der Waals surface area contributed by atoms with Crippen molar-refractivity contribution in [1.29, 1.82) is 0 Å². The van der Waals surface area contributed by atoms with Gasteiger partial charge in [-0.05, 0) is 61.7 Å². The van der Waals surface area contributed by atoms with Gasteiger partial charge in [-0.1, -0.05) is 22.0 Å². The predicted molar refractivity (Wildman–Crippen MR) is 82.5 cm³/mol. The Labute approximate surface area is 116 Å². The zero-order chi connectivity index (χ0) is 13.3. The largest absolute Gasteiger partial charge is 0.397 e. The minimum Gasteiger partial charge on any atom is -0.397 e. The van der Waals surface area contributed by atoms with Crippen LogP contribution in [0.1, 0.15) is 16.7 Å².